The zero-order valence-electron chi connectivity index (χ0n) is 31.9. The molecule has 2 aromatic heterocycles. The number of alkyl halides is 7. The smallest absolute Gasteiger partial charge is 0.406 e. The molecule has 312 valence electrons. The molecule has 0 saturated heterocycles. The number of benzene rings is 4. The molecule has 0 fully saturated rings. The first-order chi connectivity index (χ1) is 27.1. The van der Waals surface area contributed by atoms with Crippen molar-refractivity contribution in [3.05, 3.63) is 119 Å². The van der Waals surface area contributed by atoms with Crippen molar-refractivity contribution >= 4 is 24.0 Å². The number of tetrazole rings is 2. The van der Waals surface area contributed by atoms with E-state index in [2.05, 4.69) is 45.5 Å². The fourth-order valence-electron chi connectivity index (χ4n) is 5.02. The van der Waals surface area contributed by atoms with Crippen LogP contribution in [0, 0.1) is 0 Å². The van der Waals surface area contributed by atoms with Gasteiger partial charge in [0.1, 0.15) is 11.5 Å². The Hall–Kier alpha value is -5.30. The van der Waals surface area contributed by atoms with E-state index in [1.807, 2.05) is 86.5 Å². The van der Waals surface area contributed by atoms with Crippen LogP contribution in [0.3, 0.4) is 0 Å². The van der Waals surface area contributed by atoms with Gasteiger partial charge < -0.3 is 19.3 Å². The number of nitrogens with zero attached hydrogens (tertiary/aromatic N) is 9. The van der Waals surface area contributed by atoms with Crippen molar-refractivity contribution in [1.82, 2.24) is 50.6 Å². The topological polar surface area (TPSA) is 123 Å². The van der Waals surface area contributed by atoms with Gasteiger partial charge in [0.05, 0.1) is 6.54 Å². The summed E-state index contributed by atoms with van der Waals surface area (Å²) in [4.78, 5) is 5.63. The second kappa shape index (κ2) is 22.6. The number of aromatic amines is 1. The van der Waals surface area contributed by atoms with Crippen LogP contribution < -0.4 is 9.47 Å². The SMILES string of the molecule is CN(C)CCCl.CN(C)CCn1nnc(-c2ccccc2Cc2ccc(OC(F)(F)F)cc2)n1.Cl.FC(F)(F)Oc1ccc(Cc2ccccc2-c2nn[nH]n2)cc1. The Labute approximate surface area is 342 Å². The van der Waals surface area contributed by atoms with Crippen LogP contribution in [-0.4, -0.2) is 111 Å². The van der Waals surface area contributed by atoms with Crippen molar-refractivity contribution in [2.75, 3.05) is 47.2 Å². The standard InChI is InChI=1S/C19H20F3N5O.C15H11F3N4O.C4H10ClN.ClH/c1-26(2)11-12-27-24-18(23-25-27)17-6-4-3-5-15(17)13-14-7-9-16(10-8-14)28-19(20,21)22;16-15(17,18)23-12-7-5-10(6-8-12)9-11-3-1-2-4-13(11)14-19-21-22-20-14;1-6(2)4-3-5;/h3-10H,11-13H2,1-2H3;1-8H,9H2,(H,19,20,21,22);3-4H2,1-2H3;1H. The third kappa shape index (κ3) is 16.7. The monoisotopic (exact) mass is 854 g/mol. The quantitative estimate of drug-likeness (QED) is 0.0905. The molecule has 58 heavy (non-hydrogen) atoms. The van der Waals surface area contributed by atoms with Crippen LogP contribution in [-0.2, 0) is 19.4 Å². The van der Waals surface area contributed by atoms with E-state index in [9.17, 15) is 26.3 Å². The van der Waals surface area contributed by atoms with Crippen LogP contribution in [0.4, 0.5) is 26.3 Å². The lowest BCUT2D eigenvalue weighted by Crippen LogP contribution is -2.19. The number of rotatable bonds is 13. The van der Waals surface area contributed by atoms with Crippen molar-refractivity contribution < 1.29 is 35.8 Å². The van der Waals surface area contributed by atoms with Gasteiger partial charge in [-0.05, 0) is 98.0 Å². The molecular weight excluding hydrogens is 813 g/mol. The lowest BCUT2D eigenvalue weighted by Gasteiger charge is -2.10. The van der Waals surface area contributed by atoms with Crippen molar-refractivity contribution in [2.24, 2.45) is 0 Å². The van der Waals surface area contributed by atoms with Crippen LogP contribution in [0.1, 0.15) is 22.3 Å². The summed E-state index contributed by atoms with van der Waals surface area (Å²) >= 11 is 5.35. The highest BCUT2D eigenvalue weighted by Crippen LogP contribution is 2.27. The summed E-state index contributed by atoms with van der Waals surface area (Å²) in [6, 6.07) is 26.7. The third-order valence-corrected chi connectivity index (χ3v) is 7.87. The van der Waals surface area contributed by atoms with Crippen LogP contribution in [0.25, 0.3) is 22.8 Å². The van der Waals surface area contributed by atoms with Gasteiger partial charge in [0, 0.05) is 30.1 Å². The molecule has 12 nitrogen and oxygen atoms in total. The molecule has 0 aliphatic heterocycles. The van der Waals surface area contributed by atoms with Crippen LogP contribution in [0.15, 0.2) is 97.1 Å². The summed E-state index contributed by atoms with van der Waals surface area (Å²) in [5.41, 5.74) is 5.25. The van der Waals surface area contributed by atoms with Crippen LogP contribution >= 0.6 is 24.0 Å². The number of likely N-dealkylation sites (N-methyl/N-ethyl adjacent to an activating group) is 1. The highest BCUT2D eigenvalue weighted by atomic mass is 35.5. The summed E-state index contributed by atoms with van der Waals surface area (Å²) < 4.78 is 81.1. The molecule has 2 heterocycles. The zero-order chi connectivity index (χ0) is 41.4. The Balaban J connectivity index is 0.000000272. The first-order valence-corrected chi connectivity index (χ1v) is 17.8. The second-order valence-corrected chi connectivity index (χ2v) is 13.2. The molecule has 0 saturated carbocycles. The molecule has 1 N–H and O–H groups in total. The van der Waals surface area contributed by atoms with E-state index in [0.717, 1.165) is 52.4 Å². The van der Waals surface area contributed by atoms with Gasteiger partial charge in [-0.15, -0.1) is 70.7 Å². The maximum Gasteiger partial charge on any atom is 0.573 e. The van der Waals surface area contributed by atoms with Gasteiger partial charge in [-0.1, -0.05) is 72.8 Å². The summed E-state index contributed by atoms with van der Waals surface area (Å²) in [6.07, 6.45) is -8.34. The summed E-state index contributed by atoms with van der Waals surface area (Å²) in [7, 11) is 7.95. The molecule has 0 radical (unpaired) electrons. The highest BCUT2D eigenvalue weighted by molar-refractivity contribution is 6.18. The minimum atomic E-state index is -4.70. The van der Waals surface area contributed by atoms with Crippen molar-refractivity contribution in [3.63, 3.8) is 0 Å². The van der Waals surface area contributed by atoms with Gasteiger partial charge in [0.25, 0.3) is 0 Å². The maximum atomic E-state index is 12.3. The Morgan fingerprint density at radius 3 is 1.50 bits per heavy atom. The normalized spacial score (nSPS) is 11.3. The van der Waals surface area contributed by atoms with Crippen molar-refractivity contribution in [3.8, 4) is 34.3 Å². The number of hydrogen-bond donors (Lipinski definition) is 1. The van der Waals surface area contributed by atoms with E-state index in [0.29, 0.717) is 31.0 Å². The van der Waals surface area contributed by atoms with E-state index in [4.69, 9.17) is 11.6 Å². The van der Waals surface area contributed by atoms with Crippen LogP contribution in [0.5, 0.6) is 11.5 Å². The Morgan fingerprint density at radius 1 is 0.638 bits per heavy atom. The Kier molecular flexibility index (Phi) is 18.3. The highest BCUT2D eigenvalue weighted by Gasteiger charge is 2.31. The second-order valence-electron chi connectivity index (χ2n) is 12.8. The summed E-state index contributed by atoms with van der Waals surface area (Å²) in [5.74, 6) is 1.24. The van der Waals surface area contributed by atoms with E-state index in [1.165, 1.54) is 24.3 Å². The molecule has 0 unspecified atom stereocenters. The molecule has 4 aromatic carbocycles. The maximum absolute atomic E-state index is 12.3. The minimum absolute atomic E-state index is 0. The number of halogens is 8. The summed E-state index contributed by atoms with van der Waals surface area (Å²) in [5, 5.41) is 26.5. The molecule has 6 aromatic rings. The minimum Gasteiger partial charge on any atom is -0.406 e. The lowest BCUT2D eigenvalue weighted by atomic mass is 9.99. The molecule has 20 heteroatoms. The molecule has 6 rings (SSSR count). The zero-order valence-corrected chi connectivity index (χ0v) is 33.4. The molecule has 0 atom stereocenters. The van der Waals surface area contributed by atoms with E-state index >= 15 is 0 Å². The fourth-order valence-corrected chi connectivity index (χ4v) is 5.36. The number of H-pyrrole nitrogens is 1. The van der Waals surface area contributed by atoms with Gasteiger partial charge in [-0.3, -0.25) is 0 Å². The van der Waals surface area contributed by atoms with E-state index in [-0.39, 0.29) is 23.9 Å². The van der Waals surface area contributed by atoms with E-state index in [1.54, 1.807) is 29.1 Å². The van der Waals surface area contributed by atoms with Crippen molar-refractivity contribution in [2.45, 2.75) is 32.1 Å². The number of hydrogen-bond acceptors (Lipinski definition) is 10. The third-order valence-electron chi connectivity index (χ3n) is 7.70. The van der Waals surface area contributed by atoms with Gasteiger partial charge in [0.2, 0.25) is 11.6 Å². The predicted molar refractivity (Wildman–Crippen MR) is 210 cm³/mol. The molecule has 0 bridgehead atoms. The van der Waals surface area contributed by atoms with Gasteiger partial charge in [0.15, 0.2) is 0 Å². The first kappa shape index (κ1) is 47.1. The van der Waals surface area contributed by atoms with Gasteiger partial charge in [-0.25, -0.2) is 0 Å². The largest absolute Gasteiger partial charge is 0.573 e. The molecule has 0 aliphatic carbocycles. The molecule has 0 aliphatic rings. The Bertz CT molecular complexity index is 2060. The summed E-state index contributed by atoms with van der Waals surface area (Å²) in [6.45, 7) is 2.40. The number of nitrogens with one attached hydrogen (secondary N) is 1. The lowest BCUT2D eigenvalue weighted by molar-refractivity contribution is -0.275. The molecule has 0 spiro atoms. The first-order valence-electron chi connectivity index (χ1n) is 17.3. The predicted octanol–water partition coefficient (Wildman–Crippen LogP) is 7.96. The number of ether oxygens (including phenoxy) is 2. The average Bonchev–Trinajstić information content (AvgIpc) is 3.86. The van der Waals surface area contributed by atoms with Gasteiger partial charge in [-0.2, -0.15) is 10.0 Å². The van der Waals surface area contributed by atoms with Crippen molar-refractivity contribution in [1.29, 1.82) is 0 Å². The van der Waals surface area contributed by atoms with Crippen LogP contribution in [0.2, 0.25) is 0 Å². The van der Waals surface area contributed by atoms with Gasteiger partial charge >= 0.3 is 12.7 Å². The average molecular weight is 856 g/mol. The fraction of sp³-hybridized carbons (Fsp3) is 0.316. The van der Waals surface area contributed by atoms with E-state index < -0.39 is 12.7 Å². The number of aromatic nitrogens is 8. The Morgan fingerprint density at radius 2 is 1.10 bits per heavy atom. The molecular formula is C38H42Cl2F6N10O2. The molecule has 0 amide bonds.